The smallest absolute Gasteiger partial charge is 0.165 e. The van der Waals surface area contributed by atoms with Crippen molar-refractivity contribution < 1.29 is 9.90 Å². The van der Waals surface area contributed by atoms with Gasteiger partial charge in [0.1, 0.15) is 5.75 Å². The van der Waals surface area contributed by atoms with E-state index in [2.05, 4.69) is 19.1 Å². The number of Topliss-reactive ketones (excluding diaryl/α,β-unsaturated/α-hetero) is 1. The van der Waals surface area contributed by atoms with Crippen LogP contribution in [0, 0.1) is 17.3 Å². The Bertz CT molecular complexity index is 975. The van der Waals surface area contributed by atoms with E-state index >= 15 is 0 Å². The summed E-state index contributed by atoms with van der Waals surface area (Å²) in [6.07, 6.45) is 7.09. The zero-order chi connectivity index (χ0) is 19.5. The normalized spacial score (nSPS) is 32.7. The molecule has 4 atom stereocenters. The van der Waals surface area contributed by atoms with Crippen LogP contribution in [0.4, 0.5) is 0 Å². The third-order valence-corrected chi connectivity index (χ3v) is 7.81. The summed E-state index contributed by atoms with van der Waals surface area (Å²) in [4.78, 5) is 13.4. The molecule has 1 N–H and O–H groups in total. The number of carbonyl (C=O) groups excluding carboxylic acids is 1. The van der Waals surface area contributed by atoms with E-state index in [1.807, 2.05) is 36.4 Å². The predicted octanol–water partition coefficient (Wildman–Crippen LogP) is 6.16. The Morgan fingerprint density at radius 3 is 2.71 bits per heavy atom. The van der Waals surface area contributed by atoms with Gasteiger partial charge in [0.05, 0.1) is 0 Å². The molecule has 3 heteroatoms. The zero-order valence-electron chi connectivity index (χ0n) is 16.1. The van der Waals surface area contributed by atoms with Gasteiger partial charge in [-0.1, -0.05) is 36.7 Å². The second-order valence-corrected chi connectivity index (χ2v) is 9.45. The lowest BCUT2D eigenvalue weighted by Gasteiger charge is -2.48. The molecule has 0 bridgehead atoms. The molecule has 0 unspecified atom stereocenters. The summed E-state index contributed by atoms with van der Waals surface area (Å²) < 4.78 is 0. The lowest BCUT2D eigenvalue weighted by Crippen LogP contribution is -2.42. The van der Waals surface area contributed by atoms with Gasteiger partial charge in [-0.05, 0) is 102 Å². The predicted molar refractivity (Wildman–Crippen MR) is 113 cm³/mol. The van der Waals surface area contributed by atoms with Crippen LogP contribution >= 0.6 is 11.6 Å². The molecule has 0 radical (unpaired) electrons. The quantitative estimate of drug-likeness (QED) is 0.589. The molecule has 0 heterocycles. The van der Waals surface area contributed by atoms with Crippen molar-refractivity contribution in [1.29, 1.82) is 0 Å². The van der Waals surface area contributed by atoms with E-state index < -0.39 is 0 Å². The molecule has 144 valence electrons. The van der Waals surface area contributed by atoms with Gasteiger partial charge < -0.3 is 5.11 Å². The van der Waals surface area contributed by atoms with Gasteiger partial charge in [0.15, 0.2) is 5.78 Å². The number of ketones is 1. The largest absolute Gasteiger partial charge is 0.508 e. The second kappa shape index (κ2) is 6.49. The van der Waals surface area contributed by atoms with Crippen molar-refractivity contribution in [2.75, 3.05) is 0 Å². The second-order valence-electron chi connectivity index (χ2n) is 9.01. The number of carbonyl (C=O) groups is 1. The lowest BCUT2D eigenvalue weighted by atomic mass is 9.55. The molecule has 0 aliphatic heterocycles. The summed E-state index contributed by atoms with van der Waals surface area (Å²) >= 11 is 6.00. The Labute approximate surface area is 171 Å². The maximum atomic E-state index is 13.4. The number of phenolic OH excluding ortho intramolecular Hbond substituents is 1. The molecule has 5 rings (SSSR count). The number of fused-ring (bicyclic) bond motifs is 5. The summed E-state index contributed by atoms with van der Waals surface area (Å²) in [7, 11) is 0. The van der Waals surface area contributed by atoms with Gasteiger partial charge in [0.25, 0.3) is 0 Å². The summed E-state index contributed by atoms with van der Waals surface area (Å²) in [5, 5.41) is 10.6. The number of phenols is 1. The fourth-order valence-electron chi connectivity index (χ4n) is 6.13. The topological polar surface area (TPSA) is 37.3 Å². The highest BCUT2D eigenvalue weighted by Crippen LogP contribution is 2.60. The summed E-state index contributed by atoms with van der Waals surface area (Å²) in [5.41, 5.74) is 4.50. The van der Waals surface area contributed by atoms with Crippen molar-refractivity contribution in [3.63, 3.8) is 0 Å². The number of aromatic hydroxyl groups is 1. The van der Waals surface area contributed by atoms with Gasteiger partial charge in [-0.25, -0.2) is 0 Å². The fourth-order valence-corrected chi connectivity index (χ4v) is 6.25. The van der Waals surface area contributed by atoms with Crippen molar-refractivity contribution >= 4 is 23.5 Å². The van der Waals surface area contributed by atoms with Crippen LogP contribution in [0.15, 0.2) is 48.0 Å². The monoisotopic (exact) mass is 392 g/mol. The highest BCUT2D eigenvalue weighted by atomic mass is 35.5. The standard InChI is InChI=1S/C25H25ClO2/c1-25-11-10-21-20-9-7-19(27)13-16(20)4-8-22(21)23(25)14-17(24(25)28)12-15-2-5-18(26)6-3-15/h2-3,5-7,9,12-13,21-23,27H,4,8,10-11,14H2,1H3/b17-12-/t21-,22+,23+,25+/m1/s1. The molecule has 0 spiro atoms. The first-order chi connectivity index (χ1) is 13.5. The number of hydrogen-bond acceptors (Lipinski definition) is 2. The van der Waals surface area contributed by atoms with E-state index in [9.17, 15) is 9.90 Å². The summed E-state index contributed by atoms with van der Waals surface area (Å²) in [6.45, 7) is 2.20. The van der Waals surface area contributed by atoms with Crippen molar-refractivity contribution in [3.8, 4) is 5.75 Å². The molecule has 2 saturated carbocycles. The van der Waals surface area contributed by atoms with Crippen molar-refractivity contribution in [2.24, 2.45) is 17.3 Å². The molecule has 2 aromatic rings. The van der Waals surface area contributed by atoms with Gasteiger partial charge >= 0.3 is 0 Å². The highest BCUT2D eigenvalue weighted by Gasteiger charge is 2.56. The number of rotatable bonds is 1. The van der Waals surface area contributed by atoms with Crippen molar-refractivity contribution in [1.82, 2.24) is 0 Å². The van der Waals surface area contributed by atoms with Gasteiger partial charge in [0, 0.05) is 10.4 Å². The van der Waals surface area contributed by atoms with Crippen molar-refractivity contribution in [3.05, 3.63) is 69.8 Å². The Morgan fingerprint density at radius 2 is 1.93 bits per heavy atom. The lowest BCUT2D eigenvalue weighted by molar-refractivity contribution is -0.127. The van der Waals surface area contributed by atoms with Gasteiger partial charge in [-0.3, -0.25) is 4.79 Å². The van der Waals surface area contributed by atoms with Crippen LogP contribution in [-0.4, -0.2) is 10.9 Å². The minimum atomic E-state index is -0.228. The Hall–Kier alpha value is -2.06. The van der Waals surface area contributed by atoms with E-state index in [1.165, 1.54) is 11.1 Å². The van der Waals surface area contributed by atoms with Crippen LogP contribution in [0.3, 0.4) is 0 Å². The molecule has 0 saturated heterocycles. The Kier molecular flexibility index (Phi) is 4.17. The third kappa shape index (κ3) is 2.73. The van der Waals surface area contributed by atoms with E-state index in [-0.39, 0.29) is 5.41 Å². The molecule has 28 heavy (non-hydrogen) atoms. The van der Waals surface area contributed by atoms with Crippen LogP contribution < -0.4 is 0 Å². The first-order valence-corrected chi connectivity index (χ1v) is 10.7. The number of hydrogen-bond donors (Lipinski definition) is 1. The molecular weight excluding hydrogens is 368 g/mol. The van der Waals surface area contributed by atoms with Crippen molar-refractivity contribution in [2.45, 2.75) is 44.9 Å². The minimum Gasteiger partial charge on any atom is -0.508 e. The number of halogens is 1. The molecule has 2 aromatic carbocycles. The van der Waals surface area contributed by atoms with E-state index in [1.54, 1.807) is 0 Å². The molecule has 3 aliphatic rings. The Balaban J connectivity index is 1.48. The van der Waals surface area contributed by atoms with Crippen LogP contribution in [0.5, 0.6) is 5.75 Å². The molecule has 0 amide bonds. The maximum absolute atomic E-state index is 13.4. The Morgan fingerprint density at radius 1 is 1.14 bits per heavy atom. The molecule has 3 aliphatic carbocycles. The summed E-state index contributed by atoms with van der Waals surface area (Å²) in [5.74, 6) is 2.20. The van der Waals surface area contributed by atoms with E-state index in [4.69, 9.17) is 11.6 Å². The fraction of sp³-hybridized carbons (Fsp3) is 0.400. The summed E-state index contributed by atoms with van der Waals surface area (Å²) in [6, 6.07) is 13.6. The minimum absolute atomic E-state index is 0.228. The first kappa shape index (κ1) is 18.0. The number of benzene rings is 2. The molecule has 2 fully saturated rings. The average Bonchev–Trinajstić information content (AvgIpc) is 2.94. The first-order valence-electron chi connectivity index (χ1n) is 10.3. The van der Waals surface area contributed by atoms with Crippen LogP contribution in [-0.2, 0) is 11.2 Å². The average molecular weight is 393 g/mol. The van der Waals surface area contributed by atoms with E-state index in [0.717, 1.165) is 48.3 Å². The third-order valence-electron chi connectivity index (χ3n) is 7.56. The molecular formula is C25H25ClO2. The highest BCUT2D eigenvalue weighted by molar-refractivity contribution is 6.30. The zero-order valence-corrected chi connectivity index (χ0v) is 16.9. The van der Waals surface area contributed by atoms with Gasteiger partial charge in [-0.2, -0.15) is 0 Å². The van der Waals surface area contributed by atoms with Gasteiger partial charge in [0.2, 0.25) is 0 Å². The number of allylic oxidation sites excluding steroid dienone is 1. The van der Waals surface area contributed by atoms with Crippen LogP contribution in [0.25, 0.3) is 6.08 Å². The SMILES string of the molecule is C[C@]12CC[C@@H]3c4ccc(O)cc4CC[C@@H]3[C@@H]1C/C(=C/c1ccc(Cl)cc1)C2=O. The number of aryl methyl sites for hydroxylation is 1. The maximum Gasteiger partial charge on any atom is 0.165 e. The van der Waals surface area contributed by atoms with E-state index in [0.29, 0.717) is 29.3 Å². The van der Waals surface area contributed by atoms with Gasteiger partial charge in [-0.15, -0.1) is 0 Å². The van der Waals surface area contributed by atoms with Crippen LogP contribution in [0.2, 0.25) is 5.02 Å². The van der Waals surface area contributed by atoms with Crippen LogP contribution in [0.1, 0.15) is 55.2 Å². The molecule has 2 nitrogen and oxygen atoms in total. The molecule has 0 aromatic heterocycles.